The number of hydrogen-bond acceptors (Lipinski definition) is 3. The van der Waals surface area contributed by atoms with Crippen LogP contribution >= 0.6 is 27.7 Å². The molecule has 0 radical (unpaired) electrons. The minimum atomic E-state index is -0.489. The Hall–Kier alpha value is -1.86. The van der Waals surface area contributed by atoms with Gasteiger partial charge in [0.05, 0.1) is 10.9 Å². The number of nitrogens with zero attached hydrogens (tertiary/aromatic N) is 1. The van der Waals surface area contributed by atoms with E-state index in [9.17, 15) is 14.0 Å². The van der Waals surface area contributed by atoms with Crippen LogP contribution in [0.2, 0.25) is 0 Å². The number of rotatable bonds is 4. The molecule has 0 aliphatic carbocycles. The molecule has 0 aromatic heterocycles. The molecule has 1 N–H and O–H groups in total. The summed E-state index contributed by atoms with van der Waals surface area (Å²) in [5, 5.41) is 2.34. The van der Waals surface area contributed by atoms with Crippen molar-refractivity contribution in [3.05, 3.63) is 58.3 Å². The number of carbonyl (C=O) groups is 2. The van der Waals surface area contributed by atoms with Crippen molar-refractivity contribution < 1.29 is 14.0 Å². The zero-order valence-electron chi connectivity index (χ0n) is 13.5. The number of carbonyl (C=O) groups excluding carboxylic acids is 2. The lowest BCUT2D eigenvalue weighted by Gasteiger charge is -2.25. The second kappa shape index (κ2) is 7.58. The van der Waals surface area contributed by atoms with E-state index in [1.165, 1.54) is 22.7 Å². The van der Waals surface area contributed by atoms with Crippen LogP contribution in [0.5, 0.6) is 0 Å². The van der Waals surface area contributed by atoms with Crippen LogP contribution in [0.3, 0.4) is 0 Å². The topological polar surface area (TPSA) is 49.4 Å². The highest BCUT2D eigenvalue weighted by Gasteiger charge is 2.29. The Balaban J connectivity index is 1.65. The largest absolute Gasteiger partial charge is 0.341 e. The number of anilines is 1. The van der Waals surface area contributed by atoms with Crippen LogP contribution in [0.25, 0.3) is 0 Å². The maximum absolute atomic E-state index is 13.9. The molecule has 3 rings (SSSR count). The highest BCUT2D eigenvalue weighted by atomic mass is 79.9. The zero-order valence-corrected chi connectivity index (χ0v) is 15.9. The van der Waals surface area contributed by atoms with Crippen LogP contribution in [-0.4, -0.2) is 29.0 Å². The number of thioether (sulfide) groups is 1. The van der Waals surface area contributed by atoms with E-state index >= 15 is 0 Å². The fourth-order valence-corrected chi connectivity index (χ4v) is 4.06. The molecule has 1 aliphatic rings. The van der Waals surface area contributed by atoms with E-state index < -0.39 is 5.25 Å². The Morgan fingerprint density at radius 3 is 2.88 bits per heavy atom. The predicted molar refractivity (Wildman–Crippen MR) is 99.9 cm³/mol. The Morgan fingerprint density at radius 1 is 1.32 bits per heavy atom. The molecule has 1 aliphatic heterocycles. The molecule has 4 nitrogen and oxygen atoms in total. The van der Waals surface area contributed by atoms with Crippen molar-refractivity contribution in [2.45, 2.75) is 23.1 Å². The van der Waals surface area contributed by atoms with Crippen LogP contribution < -0.4 is 5.32 Å². The quantitative estimate of drug-likeness (QED) is 0.808. The molecule has 7 heteroatoms. The minimum absolute atomic E-state index is 0.0664. The minimum Gasteiger partial charge on any atom is -0.341 e. The maximum atomic E-state index is 13.9. The number of fused-ring (bicyclic) bond motifs is 1. The second-order valence-electron chi connectivity index (χ2n) is 5.78. The van der Waals surface area contributed by atoms with E-state index in [-0.39, 0.29) is 30.6 Å². The summed E-state index contributed by atoms with van der Waals surface area (Å²) in [5.41, 5.74) is 1.20. The molecule has 130 valence electrons. The van der Waals surface area contributed by atoms with Crippen LogP contribution in [0.15, 0.2) is 51.8 Å². The van der Waals surface area contributed by atoms with E-state index in [0.29, 0.717) is 5.56 Å². The summed E-state index contributed by atoms with van der Waals surface area (Å²) in [6.07, 6.45) is 0.0664. The van der Waals surface area contributed by atoms with Gasteiger partial charge in [0.1, 0.15) is 5.82 Å². The number of para-hydroxylation sites is 1. The first-order valence-electron chi connectivity index (χ1n) is 7.68. The fourth-order valence-electron chi connectivity index (χ4n) is 2.55. The molecule has 25 heavy (non-hydrogen) atoms. The molecule has 0 spiro atoms. The third-order valence-corrected chi connectivity index (χ3v) is 5.68. The highest BCUT2D eigenvalue weighted by molar-refractivity contribution is 9.10. The molecule has 2 amide bonds. The molecule has 0 saturated carbocycles. The Kier molecular flexibility index (Phi) is 5.44. The number of benzene rings is 2. The number of hydrogen-bond donors (Lipinski definition) is 1. The molecule has 1 atom stereocenters. The van der Waals surface area contributed by atoms with Crippen LogP contribution in [0.1, 0.15) is 12.0 Å². The Labute approximate surface area is 157 Å². The highest BCUT2D eigenvalue weighted by Crippen LogP contribution is 2.36. The summed E-state index contributed by atoms with van der Waals surface area (Å²) < 4.78 is 14.6. The van der Waals surface area contributed by atoms with Gasteiger partial charge in [-0.1, -0.05) is 28.1 Å². The first-order valence-corrected chi connectivity index (χ1v) is 9.36. The van der Waals surface area contributed by atoms with Gasteiger partial charge in [-0.3, -0.25) is 9.59 Å². The van der Waals surface area contributed by atoms with Crippen molar-refractivity contribution in [3.8, 4) is 0 Å². The normalized spacial score (nSPS) is 16.1. The zero-order chi connectivity index (χ0) is 18.0. The predicted octanol–water partition coefficient (Wildman–Crippen LogP) is 4.05. The van der Waals surface area contributed by atoms with Crippen molar-refractivity contribution in [2.75, 3.05) is 12.4 Å². The molecular weight excluding hydrogens is 407 g/mol. The molecule has 2 aromatic rings. The van der Waals surface area contributed by atoms with Gasteiger partial charge in [0.15, 0.2) is 0 Å². The van der Waals surface area contributed by atoms with Crippen LogP contribution in [0, 0.1) is 5.82 Å². The number of amides is 2. The molecule has 2 aromatic carbocycles. The van der Waals surface area contributed by atoms with Gasteiger partial charge >= 0.3 is 0 Å². The monoisotopic (exact) mass is 422 g/mol. The maximum Gasteiger partial charge on any atom is 0.238 e. The molecular formula is C18H16BrFN2O2S. The van der Waals surface area contributed by atoms with Crippen LogP contribution in [0.4, 0.5) is 10.1 Å². The molecule has 0 saturated heterocycles. The van der Waals surface area contributed by atoms with E-state index in [0.717, 1.165) is 15.1 Å². The lowest BCUT2D eigenvalue weighted by molar-refractivity contribution is -0.131. The van der Waals surface area contributed by atoms with Gasteiger partial charge in [-0.2, -0.15) is 0 Å². The van der Waals surface area contributed by atoms with Crippen molar-refractivity contribution in [3.63, 3.8) is 0 Å². The average molecular weight is 423 g/mol. The first-order chi connectivity index (χ1) is 11.9. The second-order valence-corrected chi connectivity index (χ2v) is 7.94. The number of nitrogens with one attached hydrogen (secondary N) is 1. The van der Waals surface area contributed by atoms with Crippen molar-refractivity contribution in [1.82, 2.24) is 4.90 Å². The lowest BCUT2D eigenvalue weighted by atomic mass is 10.2. The SMILES string of the molecule is CN(Cc1cc(Br)ccc1F)C(=O)CC1Sc2ccccc2NC1=O. The third kappa shape index (κ3) is 4.22. The lowest BCUT2D eigenvalue weighted by Crippen LogP contribution is -2.35. The fraction of sp³-hybridized carbons (Fsp3) is 0.222. The molecule has 0 fully saturated rings. The van der Waals surface area contributed by atoms with E-state index in [2.05, 4.69) is 21.2 Å². The third-order valence-electron chi connectivity index (χ3n) is 3.91. The summed E-state index contributed by atoms with van der Waals surface area (Å²) in [4.78, 5) is 27.1. The standard InChI is InChI=1S/C18H16BrFN2O2S/c1-22(10-11-8-12(19)6-7-13(11)20)17(23)9-16-18(24)21-14-4-2-3-5-15(14)25-16/h2-8,16H,9-10H2,1H3,(H,21,24). The van der Waals surface area contributed by atoms with Crippen molar-refractivity contribution in [2.24, 2.45) is 0 Å². The Morgan fingerprint density at radius 2 is 2.08 bits per heavy atom. The van der Waals surface area contributed by atoms with E-state index in [4.69, 9.17) is 0 Å². The van der Waals surface area contributed by atoms with Gasteiger partial charge in [-0.25, -0.2) is 4.39 Å². The molecule has 1 unspecified atom stereocenters. The Bertz CT molecular complexity index is 830. The van der Waals surface area contributed by atoms with Gasteiger partial charge in [-0.05, 0) is 30.3 Å². The smallest absolute Gasteiger partial charge is 0.238 e. The van der Waals surface area contributed by atoms with Crippen molar-refractivity contribution >= 4 is 45.2 Å². The van der Waals surface area contributed by atoms with Gasteiger partial charge in [-0.15, -0.1) is 11.8 Å². The summed E-state index contributed by atoms with van der Waals surface area (Å²) in [5.74, 6) is -0.743. The van der Waals surface area contributed by atoms with E-state index in [1.807, 2.05) is 24.3 Å². The van der Waals surface area contributed by atoms with Gasteiger partial charge in [0.25, 0.3) is 0 Å². The molecule has 1 heterocycles. The van der Waals surface area contributed by atoms with Crippen molar-refractivity contribution in [1.29, 1.82) is 0 Å². The summed E-state index contributed by atoms with van der Waals surface area (Å²) >= 11 is 4.68. The summed E-state index contributed by atoms with van der Waals surface area (Å²) in [6.45, 7) is 0.152. The first kappa shape index (κ1) is 17.9. The summed E-state index contributed by atoms with van der Waals surface area (Å²) in [6, 6.07) is 12.1. The molecule has 0 bridgehead atoms. The van der Waals surface area contributed by atoms with E-state index in [1.54, 1.807) is 19.2 Å². The number of halogens is 2. The van der Waals surface area contributed by atoms with Gasteiger partial charge in [0, 0.05) is 34.9 Å². The summed E-state index contributed by atoms with van der Waals surface area (Å²) in [7, 11) is 1.61. The van der Waals surface area contributed by atoms with Gasteiger partial charge < -0.3 is 10.2 Å². The average Bonchev–Trinajstić information content (AvgIpc) is 2.58. The van der Waals surface area contributed by atoms with Gasteiger partial charge in [0.2, 0.25) is 11.8 Å². The van der Waals surface area contributed by atoms with Crippen LogP contribution in [-0.2, 0) is 16.1 Å².